The first kappa shape index (κ1) is 17.9. The van der Waals surface area contributed by atoms with Crippen molar-refractivity contribution in [3.8, 4) is 0 Å². The maximum Gasteiger partial charge on any atom is 0.239 e. The maximum atomic E-state index is 12.6. The fraction of sp³-hybridized carbons (Fsp3) is 0.471. The number of hydrogen-bond acceptors (Lipinski definition) is 2. The van der Waals surface area contributed by atoms with E-state index in [0.29, 0.717) is 13.1 Å². The van der Waals surface area contributed by atoms with Gasteiger partial charge in [-0.1, -0.05) is 46.3 Å². The van der Waals surface area contributed by atoms with Crippen LogP contribution in [0, 0.1) is 0 Å². The second kappa shape index (κ2) is 8.35. The normalized spacial score (nSPS) is 12.3. The molecule has 1 rings (SSSR count). The molecule has 0 aliphatic heterocycles. The minimum atomic E-state index is -0.156. The number of likely N-dealkylation sites (N-methyl/N-ethyl adjacent to an activating group) is 2. The van der Waals surface area contributed by atoms with Gasteiger partial charge in [-0.25, -0.2) is 0 Å². The van der Waals surface area contributed by atoms with Crippen molar-refractivity contribution >= 4 is 21.8 Å². The highest BCUT2D eigenvalue weighted by Crippen LogP contribution is 2.18. The van der Waals surface area contributed by atoms with E-state index in [0.717, 1.165) is 16.6 Å². The molecule has 21 heavy (non-hydrogen) atoms. The molecule has 1 amide bonds. The van der Waals surface area contributed by atoms with Crippen LogP contribution >= 0.6 is 15.9 Å². The van der Waals surface area contributed by atoms with Crippen molar-refractivity contribution in [1.82, 2.24) is 9.80 Å². The lowest BCUT2D eigenvalue weighted by atomic mass is 10.1. The van der Waals surface area contributed by atoms with Gasteiger partial charge >= 0.3 is 0 Å². The number of carbonyl (C=O) groups is 1. The van der Waals surface area contributed by atoms with Crippen molar-refractivity contribution in [1.29, 1.82) is 0 Å². The minimum Gasteiger partial charge on any atom is -0.338 e. The zero-order valence-electron chi connectivity index (χ0n) is 13.4. The van der Waals surface area contributed by atoms with Crippen molar-refractivity contribution in [2.45, 2.75) is 33.4 Å². The molecule has 0 heterocycles. The quantitative estimate of drug-likeness (QED) is 0.698. The van der Waals surface area contributed by atoms with Gasteiger partial charge in [-0.15, -0.1) is 0 Å². The Labute approximate surface area is 136 Å². The Morgan fingerprint density at radius 1 is 1.38 bits per heavy atom. The highest BCUT2D eigenvalue weighted by molar-refractivity contribution is 9.10. The lowest BCUT2D eigenvalue weighted by Gasteiger charge is -2.30. The largest absolute Gasteiger partial charge is 0.338 e. The summed E-state index contributed by atoms with van der Waals surface area (Å²) in [6.45, 7) is 11.9. The number of amides is 1. The van der Waals surface area contributed by atoms with Gasteiger partial charge in [-0.05, 0) is 39.4 Å². The summed E-state index contributed by atoms with van der Waals surface area (Å²) in [6.07, 6.45) is 0. The van der Waals surface area contributed by atoms with Crippen LogP contribution in [0.15, 0.2) is 40.9 Å². The molecule has 0 bridgehead atoms. The predicted octanol–water partition coefficient (Wildman–Crippen LogP) is 3.69. The predicted molar refractivity (Wildman–Crippen MR) is 92.1 cm³/mol. The van der Waals surface area contributed by atoms with E-state index in [1.807, 2.05) is 50.9 Å². The molecule has 0 saturated heterocycles. The molecule has 0 aromatic heterocycles. The second-order valence-electron chi connectivity index (χ2n) is 5.49. The number of carbonyl (C=O) groups excluding carboxylic acids is 1. The van der Waals surface area contributed by atoms with E-state index in [-0.39, 0.29) is 11.9 Å². The van der Waals surface area contributed by atoms with Crippen LogP contribution in [0.5, 0.6) is 0 Å². The minimum absolute atomic E-state index is 0.148. The molecule has 116 valence electrons. The van der Waals surface area contributed by atoms with E-state index in [1.54, 1.807) is 0 Å². The van der Waals surface area contributed by atoms with Crippen molar-refractivity contribution in [2.24, 2.45) is 0 Å². The lowest BCUT2D eigenvalue weighted by molar-refractivity contribution is -0.135. The molecule has 1 atom stereocenters. The van der Waals surface area contributed by atoms with Crippen LogP contribution in [0.3, 0.4) is 0 Å². The van der Waals surface area contributed by atoms with E-state index in [2.05, 4.69) is 33.5 Å². The fourth-order valence-corrected chi connectivity index (χ4v) is 2.57. The third-order valence-electron chi connectivity index (χ3n) is 3.55. The molecular weight excluding hydrogens is 328 g/mol. The molecule has 0 aliphatic rings. The van der Waals surface area contributed by atoms with Crippen molar-refractivity contribution in [3.05, 3.63) is 46.5 Å². The third-order valence-corrected chi connectivity index (χ3v) is 4.32. The van der Waals surface area contributed by atoms with E-state index in [4.69, 9.17) is 0 Å². The first-order valence-corrected chi connectivity index (χ1v) is 8.02. The van der Waals surface area contributed by atoms with Gasteiger partial charge in [-0.3, -0.25) is 9.69 Å². The summed E-state index contributed by atoms with van der Waals surface area (Å²) >= 11 is 3.55. The van der Waals surface area contributed by atoms with Crippen LogP contribution in [-0.2, 0) is 11.3 Å². The lowest BCUT2D eigenvalue weighted by Crippen LogP contribution is -2.45. The molecule has 1 unspecified atom stereocenters. The van der Waals surface area contributed by atoms with Gasteiger partial charge in [-0.2, -0.15) is 0 Å². The zero-order valence-corrected chi connectivity index (χ0v) is 15.0. The summed E-state index contributed by atoms with van der Waals surface area (Å²) in [5, 5.41) is 0. The van der Waals surface area contributed by atoms with Gasteiger partial charge in [0.1, 0.15) is 0 Å². The topological polar surface area (TPSA) is 23.6 Å². The molecule has 0 N–H and O–H groups in total. The molecule has 3 nitrogen and oxygen atoms in total. The summed E-state index contributed by atoms with van der Waals surface area (Å²) in [6, 6.07) is 7.95. The van der Waals surface area contributed by atoms with E-state index in [1.165, 1.54) is 5.56 Å². The van der Waals surface area contributed by atoms with Crippen LogP contribution in [0.1, 0.15) is 26.3 Å². The van der Waals surface area contributed by atoms with Gasteiger partial charge in [0, 0.05) is 24.1 Å². The first-order valence-electron chi connectivity index (χ1n) is 7.23. The molecule has 0 fully saturated rings. The SMILES string of the molecule is C=C(C)CN(CC)C(=O)C(C)N(C)Cc1ccccc1Br. The number of benzene rings is 1. The first-order chi connectivity index (χ1) is 9.86. The van der Waals surface area contributed by atoms with Gasteiger partial charge in [0.05, 0.1) is 6.04 Å². The van der Waals surface area contributed by atoms with E-state index in [9.17, 15) is 4.79 Å². The number of hydrogen-bond donors (Lipinski definition) is 0. The van der Waals surface area contributed by atoms with Crippen LogP contribution in [-0.4, -0.2) is 41.9 Å². The number of halogens is 1. The molecule has 0 aliphatic carbocycles. The van der Waals surface area contributed by atoms with Crippen LogP contribution in [0.4, 0.5) is 0 Å². The summed E-state index contributed by atoms with van der Waals surface area (Å²) < 4.78 is 1.07. The molecular formula is C17H25BrN2O. The van der Waals surface area contributed by atoms with Crippen LogP contribution in [0.2, 0.25) is 0 Å². The second-order valence-corrected chi connectivity index (χ2v) is 6.35. The highest BCUT2D eigenvalue weighted by Gasteiger charge is 2.23. The molecule has 1 aromatic carbocycles. The Bertz CT molecular complexity index is 501. The number of nitrogens with zero attached hydrogens (tertiary/aromatic N) is 2. The van der Waals surface area contributed by atoms with Gasteiger partial charge in [0.25, 0.3) is 0 Å². The summed E-state index contributed by atoms with van der Waals surface area (Å²) in [4.78, 5) is 16.5. The fourth-order valence-electron chi connectivity index (χ4n) is 2.16. The summed E-state index contributed by atoms with van der Waals surface area (Å²) in [5.41, 5.74) is 2.19. The molecule has 4 heteroatoms. The van der Waals surface area contributed by atoms with E-state index < -0.39 is 0 Å². The van der Waals surface area contributed by atoms with Gasteiger partial charge in [0.15, 0.2) is 0 Å². The van der Waals surface area contributed by atoms with Crippen LogP contribution in [0.25, 0.3) is 0 Å². The monoisotopic (exact) mass is 352 g/mol. The van der Waals surface area contributed by atoms with Crippen molar-refractivity contribution < 1.29 is 4.79 Å². The Balaban J connectivity index is 2.72. The van der Waals surface area contributed by atoms with E-state index >= 15 is 0 Å². The maximum absolute atomic E-state index is 12.6. The van der Waals surface area contributed by atoms with Crippen molar-refractivity contribution in [2.75, 3.05) is 20.1 Å². The average molecular weight is 353 g/mol. The number of rotatable bonds is 7. The van der Waals surface area contributed by atoms with Crippen molar-refractivity contribution in [3.63, 3.8) is 0 Å². The standard InChI is InChI=1S/C17H25BrN2O/c1-6-20(11-13(2)3)17(21)14(4)19(5)12-15-9-7-8-10-16(15)18/h7-10,14H,2,6,11-12H2,1,3-5H3. The Kier molecular flexibility index (Phi) is 7.12. The van der Waals surface area contributed by atoms with Gasteiger partial charge < -0.3 is 4.90 Å². The molecule has 1 aromatic rings. The van der Waals surface area contributed by atoms with Crippen LogP contribution < -0.4 is 0 Å². The molecule has 0 spiro atoms. The summed E-state index contributed by atoms with van der Waals surface area (Å²) in [5.74, 6) is 0.148. The average Bonchev–Trinajstić information content (AvgIpc) is 2.45. The summed E-state index contributed by atoms with van der Waals surface area (Å²) in [7, 11) is 1.98. The zero-order chi connectivity index (χ0) is 16.0. The molecule has 0 saturated carbocycles. The Morgan fingerprint density at radius 2 is 2.00 bits per heavy atom. The molecule has 0 radical (unpaired) electrons. The highest BCUT2D eigenvalue weighted by atomic mass is 79.9. The van der Waals surface area contributed by atoms with Gasteiger partial charge in [0.2, 0.25) is 5.91 Å². The smallest absolute Gasteiger partial charge is 0.239 e. The Morgan fingerprint density at radius 3 is 2.52 bits per heavy atom. The Hall–Kier alpha value is -1.13. The third kappa shape index (κ3) is 5.29.